The van der Waals surface area contributed by atoms with Crippen LogP contribution in [0.15, 0.2) is 71.7 Å². The lowest BCUT2D eigenvalue weighted by Crippen LogP contribution is -2.50. The van der Waals surface area contributed by atoms with Gasteiger partial charge in [0, 0.05) is 16.1 Å². The van der Waals surface area contributed by atoms with Gasteiger partial charge in [0.25, 0.3) is 5.91 Å². The molecule has 0 unspecified atom stereocenters. The number of halogens is 1. The average molecular weight is 431 g/mol. The molecule has 1 aliphatic heterocycles. The van der Waals surface area contributed by atoms with Crippen molar-refractivity contribution in [3.05, 3.63) is 82.9 Å². The van der Waals surface area contributed by atoms with Gasteiger partial charge in [-0.3, -0.25) is 14.6 Å². The Kier molecular flexibility index (Phi) is 5.11. The fourth-order valence-electron chi connectivity index (χ4n) is 4.84. The van der Waals surface area contributed by atoms with Gasteiger partial charge >= 0.3 is 0 Å². The van der Waals surface area contributed by atoms with Gasteiger partial charge in [0.15, 0.2) is 5.78 Å². The van der Waals surface area contributed by atoms with Gasteiger partial charge in [-0.1, -0.05) is 72.6 Å². The summed E-state index contributed by atoms with van der Waals surface area (Å²) >= 11 is 6.03. The SMILES string of the molecule is O=C(CN1C(=O)C(c2ccc(Cl)cc2)=NC12CCCCC2)c1cccc2ccccc12. The molecule has 0 atom stereocenters. The first-order valence-electron chi connectivity index (χ1n) is 10.8. The second-order valence-electron chi connectivity index (χ2n) is 8.35. The lowest BCUT2D eigenvalue weighted by atomic mass is 9.88. The molecule has 0 aromatic heterocycles. The molecular weight excluding hydrogens is 408 g/mol. The second kappa shape index (κ2) is 7.93. The zero-order valence-electron chi connectivity index (χ0n) is 17.2. The molecule has 1 amide bonds. The summed E-state index contributed by atoms with van der Waals surface area (Å²) in [6, 6.07) is 20.8. The molecule has 31 heavy (non-hydrogen) atoms. The van der Waals surface area contributed by atoms with Crippen molar-refractivity contribution in [2.75, 3.05) is 6.54 Å². The molecule has 5 rings (SSSR count). The monoisotopic (exact) mass is 430 g/mol. The van der Waals surface area contributed by atoms with Crippen molar-refractivity contribution >= 4 is 39.8 Å². The lowest BCUT2D eigenvalue weighted by Gasteiger charge is -2.38. The van der Waals surface area contributed by atoms with E-state index in [0.29, 0.717) is 16.3 Å². The first kappa shape index (κ1) is 20.0. The fourth-order valence-corrected chi connectivity index (χ4v) is 4.97. The third-order valence-electron chi connectivity index (χ3n) is 6.43. The minimum atomic E-state index is -0.620. The number of carbonyl (C=O) groups is 2. The Labute approximate surface area is 186 Å². The van der Waals surface area contributed by atoms with Crippen molar-refractivity contribution in [3.8, 4) is 0 Å². The maximum atomic E-state index is 13.5. The van der Waals surface area contributed by atoms with E-state index in [9.17, 15) is 9.59 Å². The highest BCUT2D eigenvalue weighted by Gasteiger charge is 2.48. The maximum Gasteiger partial charge on any atom is 0.275 e. The van der Waals surface area contributed by atoms with Crippen LogP contribution in [0.25, 0.3) is 10.8 Å². The second-order valence-corrected chi connectivity index (χ2v) is 8.79. The summed E-state index contributed by atoms with van der Waals surface area (Å²) in [6.45, 7) is 0.0351. The molecule has 0 bridgehead atoms. The largest absolute Gasteiger partial charge is 0.305 e. The van der Waals surface area contributed by atoms with E-state index in [2.05, 4.69) is 0 Å². The topological polar surface area (TPSA) is 49.7 Å². The van der Waals surface area contributed by atoms with E-state index in [1.807, 2.05) is 54.6 Å². The van der Waals surface area contributed by atoms with E-state index in [4.69, 9.17) is 16.6 Å². The summed E-state index contributed by atoms with van der Waals surface area (Å²) in [5.74, 6) is -0.222. The molecule has 1 aliphatic carbocycles. The number of amides is 1. The van der Waals surface area contributed by atoms with Crippen molar-refractivity contribution in [2.45, 2.75) is 37.8 Å². The molecule has 1 fully saturated rings. The Hall–Kier alpha value is -2.98. The number of ketones is 1. The third kappa shape index (κ3) is 3.55. The number of aliphatic imine (C=N–C) groups is 1. The summed E-state index contributed by atoms with van der Waals surface area (Å²) in [7, 11) is 0. The van der Waals surface area contributed by atoms with Gasteiger partial charge in [0.1, 0.15) is 11.4 Å². The van der Waals surface area contributed by atoms with Crippen LogP contribution in [-0.4, -0.2) is 34.5 Å². The highest BCUT2D eigenvalue weighted by molar-refractivity contribution is 6.47. The van der Waals surface area contributed by atoms with Crippen molar-refractivity contribution in [2.24, 2.45) is 4.99 Å². The number of hydrogen-bond donors (Lipinski definition) is 0. The molecule has 0 N–H and O–H groups in total. The predicted molar refractivity (Wildman–Crippen MR) is 124 cm³/mol. The Balaban J connectivity index is 1.50. The minimum absolute atomic E-state index is 0.0351. The number of Topliss-reactive ketones (excluding diaryl/α,β-unsaturated/α-hetero) is 1. The summed E-state index contributed by atoms with van der Waals surface area (Å²) < 4.78 is 0. The number of carbonyl (C=O) groups excluding carboxylic acids is 2. The van der Waals surface area contributed by atoms with E-state index in [-0.39, 0.29) is 18.2 Å². The number of hydrogen-bond acceptors (Lipinski definition) is 3. The van der Waals surface area contributed by atoms with Crippen LogP contribution in [0.3, 0.4) is 0 Å². The van der Waals surface area contributed by atoms with Crippen molar-refractivity contribution in [3.63, 3.8) is 0 Å². The molecule has 3 aromatic rings. The van der Waals surface area contributed by atoms with Gasteiger partial charge in [-0.25, -0.2) is 0 Å². The van der Waals surface area contributed by atoms with E-state index in [0.717, 1.165) is 48.4 Å². The van der Waals surface area contributed by atoms with Gasteiger partial charge in [-0.05, 0) is 48.6 Å². The smallest absolute Gasteiger partial charge is 0.275 e. The molecule has 4 nitrogen and oxygen atoms in total. The quantitative estimate of drug-likeness (QED) is 0.501. The summed E-state index contributed by atoms with van der Waals surface area (Å²) in [5, 5.41) is 2.55. The summed E-state index contributed by atoms with van der Waals surface area (Å²) in [4.78, 5) is 33.6. The van der Waals surface area contributed by atoms with Crippen LogP contribution < -0.4 is 0 Å². The summed E-state index contributed by atoms with van der Waals surface area (Å²) in [5.41, 5.74) is 1.21. The molecule has 156 valence electrons. The normalized spacial score (nSPS) is 17.9. The van der Waals surface area contributed by atoms with Gasteiger partial charge < -0.3 is 4.90 Å². The Morgan fingerprint density at radius 2 is 1.65 bits per heavy atom. The standard InChI is InChI=1S/C26H23ClN2O2/c27-20-13-11-19(12-14-20)24-25(31)29(26(28-24)15-4-1-5-16-26)17-23(30)22-10-6-8-18-7-2-3-9-21(18)22/h2-3,6-14H,1,4-5,15-17H2. The molecular formula is C26H23ClN2O2. The van der Waals surface area contributed by atoms with E-state index >= 15 is 0 Å². The van der Waals surface area contributed by atoms with Gasteiger partial charge in [0.05, 0.1) is 6.54 Å². The molecule has 3 aromatic carbocycles. The summed E-state index contributed by atoms with van der Waals surface area (Å²) in [6.07, 6.45) is 4.72. The van der Waals surface area contributed by atoms with Crippen LogP contribution in [0.4, 0.5) is 0 Å². The van der Waals surface area contributed by atoms with Crippen LogP contribution in [-0.2, 0) is 4.79 Å². The number of fused-ring (bicyclic) bond motifs is 1. The van der Waals surface area contributed by atoms with E-state index in [1.165, 1.54) is 0 Å². The molecule has 1 saturated carbocycles. The fraction of sp³-hybridized carbons (Fsp3) is 0.269. The van der Waals surface area contributed by atoms with Crippen LogP contribution >= 0.6 is 11.6 Å². The molecule has 5 heteroatoms. The molecule has 0 radical (unpaired) electrons. The predicted octanol–water partition coefficient (Wildman–Crippen LogP) is 5.67. The lowest BCUT2D eigenvalue weighted by molar-refractivity contribution is -0.128. The van der Waals surface area contributed by atoms with Gasteiger partial charge in [-0.2, -0.15) is 0 Å². The highest BCUT2D eigenvalue weighted by atomic mass is 35.5. The first-order valence-corrected chi connectivity index (χ1v) is 11.1. The Morgan fingerprint density at radius 1 is 0.935 bits per heavy atom. The highest BCUT2D eigenvalue weighted by Crippen LogP contribution is 2.40. The number of rotatable bonds is 4. The molecule has 2 aliphatic rings. The van der Waals surface area contributed by atoms with Crippen LogP contribution in [0.1, 0.15) is 48.0 Å². The van der Waals surface area contributed by atoms with Gasteiger partial charge in [-0.15, -0.1) is 0 Å². The molecule has 1 heterocycles. The first-order chi connectivity index (χ1) is 15.1. The minimum Gasteiger partial charge on any atom is -0.305 e. The van der Waals surface area contributed by atoms with Crippen molar-refractivity contribution in [1.29, 1.82) is 0 Å². The number of nitrogens with zero attached hydrogens (tertiary/aromatic N) is 2. The van der Waals surface area contributed by atoms with E-state index < -0.39 is 5.66 Å². The zero-order chi connectivity index (χ0) is 21.4. The van der Waals surface area contributed by atoms with Crippen molar-refractivity contribution in [1.82, 2.24) is 4.90 Å². The number of benzene rings is 3. The van der Waals surface area contributed by atoms with Crippen LogP contribution in [0, 0.1) is 0 Å². The maximum absolute atomic E-state index is 13.5. The zero-order valence-corrected chi connectivity index (χ0v) is 17.9. The average Bonchev–Trinajstić information content (AvgIpc) is 3.05. The van der Waals surface area contributed by atoms with Crippen molar-refractivity contribution < 1.29 is 9.59 Å². The molecule has 0 saturated heterocycles. The van der Waals surface area contributed by atoms with E-state index in [1.54, 1.807) is 17.0 Å². The molecule has 1 spiro atoms. The third-order valence-corrected chi connectivity index (χ3v) is 6.69. The Bertz CT molecular complexity index is 1190. The Morgan fingerprint density at radius 3 is 2.42 bits per heavy atom. The van der Waals surface area contributed by atoms with Crippen LogP contribution in [0.2, 0.25) is 5.02 Å². The van der Waals surface area contributed by atoms with Crippen LogP contribution in [0.5, 0.6) is 0 Å². The van der Waals surface area contributed by atoms with Gasteiger partial charge in [0.2, 0.25) is 0 Å².